The number of aliphatic carboxylic acids is 1. The van der Waals surface area contributed by atoms with E-state index in [9.17, 15) is 24.3 Å². The lowest BCUT2D eigenvalue weighted by Gasteiger charge is -2.49. The molecule has 3 rings (SSSR count). The average Bonchev–Trinajstić information content (AvgIpc) is 3.18. The Hall–Kier alpha value is -2.80. The van der Waals surface area contributed by atoms with Gasteiger partial charge in [0.1, 0.15) is 29.4 Å². The second kappa shape index (κ2) is 8.06. The van der Waals surface area contributed by atoms with Gasteiger partial charge in [0.25, 0.3) is 11.8 Å². The molecule has 1 saturated heterocycles. The Morgan fingerprint density at radius 1 is 1.46 bits per heavy atom. The summed E-state index contributed by atoms with van der Waals surface area (Å²) in [5.74, 6) is -2.75. The van der Waals surface area contributed by atoms with Crippen LogP contribution in [-0.4, -0.2) is 79.9 Å². The molecule has 0 aliphatic carbocycles. The van der Waals surface area contributed by atoms with Crippen LogP contribution in [0.15, 0.2) is 21.6 Å². The number of hydrogen-bond acceptors (Lipinski definition) is 10. The van der Waals surface area contributed by atoms with Gasteiger partial charge < -0.3 is 15.2 Å². The molecule has 2 aliphatic heterocycles. The number of carbonyl (C=O) groups is 4. The number of hydrogen-bond donors (Lipinski definition) is 2. The summed E-state index contributed by atoms with van der Waals surface area (Å²) < 4.78 is 8.55. The Labute approximate surface area is 167 Å². The van der Waals surface area contributed by atoms with E-state index in [-0.39, 0.29) is 23.8 Å². The lowest BCUT2D eigenvalue weighted by atomic mass is 10.0. The molecular weight excluding hydrogens is 410 g/mol. The van der Waals surface area contributed by atoms with Gasteiger partial charge in [-0.25, -0.2) is 4.79 Å². The largest absolute Gasteiger partial charge is 0.477 e. The van der Waals surface area contributed by atoms with Gasteiger partial charge in [-0.3, -0.25) is 24.3 Å². The van der Waals surface area contributed by atoms with Gasteiger partial charge in [0, 0.05) is 30.7 Å². The number of carbonyl (C=O) groups excluding carboxylic acids is 3. The lowest BCUT2D eigenvalue weighted by molar-refractivity contribution is -0.150. The maximum Gasteiger partial charge on any atom is 0.352 e. The number of aromatic nitrogens is 2. The van der Waals surface area contributed by atoms with Crippen molar-refractivity contribution < 1.29 is 29.0 Å². The van der Waals surface area contributed by atoms with Crippen LogP contribution in [0.1, 0.15) is 12.6 Å². The SMILES string of the molecule is CN=C(C(=O)N[C@@H]1C(=O)N2C(C(=O)O)=C(COC(C)=O)CS[C@H]12)c1csnn1. The molecule has 0 bridgehead atoms. The maximum atomic E-state index is 12.6. The maximum absolute atomic E-state index is 12.6. The van der Waals surface area contributed by atoms with Crippen molar-refractivity contribution in [2.45, 2.75) is 18.3 Å². The molecule has 0 aromatic carbocycles. The molecule has 2 N–H and O–H groups in total. The minimum absolute atomic E-state index is 0.0327. The van der Waals surface area contributed by atoms with E-state index >= 15 is 0 Å². The molecule has 148 valence electrons. The van der Waals surface area contributed by atoms with Crippen molar-refractivity contribution in [2.75, 3.05) is 19.4 Å². The van der Waals surface area contributed by atoms with E-state index in [0.29, 0.717) is 11.3 Å². The number of esters is 1. The first-order chi connectivity index (χ1) is 13.3. The summed E-state index contributed by atoms with van der Waals surface area (Å²) in [5.41, 5.74) is 0.435. The highest BCUT2D eigenvalue weighted by molar-refractivity contribution is 8.00. The van der Waals surface area contributed by atoms with Crippen LogP contribution < -0.4 is 5.32 Å². The van der Waals surface area contributed by atoms with Crippen LogP contribution in [0, 0.1) is 0 Å². The molecule has 2 amide bonds. The third-order valence-electron chi connectivity index (χ3n) is 4.03. The number of nitrogens with one attached hydrogen (secondary N) is 1. The number of amides is 2. The summed E-state index contributed by atoms with van der Waals surface area (Å²) in [6, 6.07) is -0.898. The van der Waals surface area contributed by atoms with Gasteiger partial charge in [0.05, 0.1) is 0 Å². The van der Waals surface area contributed by atoms with Crippen molar-refractivity contribution in [3.63, 3.8) is 0 Å². The van der Waals surface area contributed by atoms with E-state index in [0.717, 1.165) is 16.4 Å². The number of carboxylic acids is 1. The van der Waals surface area contributed by atoms with E-state index in [1.807, 2.05) is 0 Å². The molecule has 1 fully saturated rings. The molecular formula is C15H15N5O6S2. The predicted octanol–water partition coefficient (Wildman–Crippen LogP) is -0.741. The van der Waals surface area contributed by atoms with Crippen molar-refractivity contribution in [3.05, 3.63) is 22.3 Å². The first-order valence-electron chi connectivity index (χ1n) is 7.93. The summed E-state index contributed by atoms with van der Waals surface area (Å²) in [4.78, 5) is 52.7. The fraction of sp³-hybridized carbons (Fsp3) is 0.400. The van der Waals surface area contributed by atoms with E-state index in [4.69, 9.17) is 4.74 Å². The molecule has 1 aromatic rings. The van der Waals surface area contributed by atoms with Crippen LogP contribution in [0.2, 0.25) is 0 Å². The summed E-state index contributed by atoms with van der Waals surface area (Å²) in [6.07, 6.45) is 0. The van der Waals surface area contributed by atoms with Gasteiger partial charge in [0.2, 0.25) is 0 Å². The average molecular weight is 425 g/mol. The van der Waals surface area contributed by atoms with Gasteiger partial charge in [-0.2, -0.15) is 0 Å². The number of rotatable bonds is 6. The molecule has 2 aliphatic rings. The fourth-order valence-electron chi connectivity index (χ4n) is 2.79. The zero-order valence-corrected chi connectivity index (χ0v) is 16.4. The first-order valence-corrected chi connectivity index (χ1v) is 9.82. The van der Waals surface area contributed by atoms with Crippen LogP contribution in [0.3, 0.4) is 0 Å². The Bertz CT molecular complexity index is 897. The summed E-state index contributed by atoms with van der Waals surface area (Å²) in [6.45, 7) is 1.01. The van der Waals surface area contributed by atoms with Crippen molar-refractivity contribution in [2.24, 2.45) is 4.99 Å². The highest BCUT2D eigenvalue weighted by Gasteiger charge is 2.54. The molecule has 0 unspecified atom stereocenters. The van der Waals surface area contributed by atoms with Crippen LogP contribution in [-0.2, 0) is 23.9 Å². The second-order valence-electron chi connectivity index (χ2n) is 5.76. The van der Waals surface area contributed by atoms with Gasteiger partial charge in [-0.15, -0.1) is 16.9 Å². The molecule has 13 heteroatoms. The highest BCUT2D eigenvalue weighted by Crippen LogP contribution is 2.40. The molecule has 11 nitrogen and oxygen atoms in total. The topological polar surface area (TPSA) is 151 Å². The summed E-state index contributed by atoms with van der Waals surface area (Å²) in [7, 11) is 1.42. The number of β-lactam (4-membered cyclic amide) rings is 1. The summed E-state index contributed by atoms with van der Waals surface area (Å²) in [5, 5.41) is 16.9. The Balaban J connectivity index is 1.76. The Morgan fingerprint density at radius 2 is 2.21 bits per heavy atom. The Kier molecular flexibility index (Phi) is 5.74. The molecule has 0 saturated carbocycles. The minimum atomic E-state index is -1.30. The van der Waals surface area contributed by atoms with Crippen molar-refractivity contribution >= 4 is 52.8 Å². The van der Waals surface area contributed by atoms with Crippen LogP contribution in [0.25, 0.3) is 0 Å². The van der Waals surface area contributed by atoms with E-state index in [1.165, 1.54) is 25.7 Å². The van der Waals surface area contributed by atoms with Gasteiger partial charge in [-0.1, -0.05) is 4.49 Å². The predicted molar refractivity (Wildman–Crippen MR) is 98.7 cm³/mol. The van der Waals surface area contributed by atoms with Crippen LogP contribution in [0.5, 0.6) is 0 Å². The molecule has 0 radical (unpaired) electrons. The van der Waals surface area contributed by atoms with E-state index in [2.05, 4.69) is 19.9 Å². The van der Waals surface area contributed by atoms with Crippen LogP contribution >= 0.6 is 23.3 Å². The Morgan fingerprint density at radius 3 is 2.79 bits per heavy atom. The normalized spacial score (nSPS) is 21.7. The molecule has 3 heterocycles. The first kappa shape index (κ1) is 19.9. The third-order valence-corrected chi connectivity index (χ3v) is 5.87. The lowest BCUT2D eigenvalue weighted by Crippen LogP contribution is -2.71. The molecule has 2 atom stereocenters. The molecule has 0 spiro atoms. The number of ether oxygens (including phenoxy) is 1. The van der Waals surface area contributed by atoms with Gasteiger partial charge in [-0.05, 0) is 11.5 Å². The monoisotopic (exact) mass is 425 g/mol. The smallest absolute Gasteiger partial charge is 0.352 e. The van der Waals surface area contributed by atoms with E-state index in [1.54, 1.807) is 5.38 Å². The minimum Gasteiger partial charge on any atom is -0.477 e. The van der Waals surface area contributed by atoms with Crippen molar-refractivity contribution in [3.8, 4) is 0 Å². The standard InChI is InChI=1S/C15H15N5O6S2/c1-6(21)26-3-7-4-27-14-10(13(23)20(14)11(7)15(24)25)17-12(22)9(16-2)8-5-28-19-18-8/h5,10,14H,3-4H2,1-2H3,(H,17,22)(H,24,25)/t10-,14-/m1/s1. The number of aliphatic imine (C=N–C) groups is 1. The summed E-state index contributed by atoms with van der Waals surface area (Å²) >= 11 is 2.34. The quantitative estimate of drug-likeness (QED) is 0.341. The number of fused-ring (bicyclic) bond motifs is 1. The number of nitrogens with zero attached hydrogens (tertiary/aromatic N) is 4. The zero-order valence-electron chi connectivity index (χ0n) is 14.7. The van der Waals surface area contributed by atoms with Crippen molar-refractivity contribution in [1.29, 1.82) is 0 Å². The fourth-order valence-corrected chi connectivity index (χ4v) is 4.56. The van der Waals surface area contributed by atoms with Crippen molar-refractivity contribution in [1.82, 2.24) is 19.8 Å². The zero-order chi connectivity index (χ0) is 20.4. The van der Waals surface area contributed by atoms with Crippen LogP contribution in [0.4, 0.5) is 0 Å². The number of carboxylic acid groups (broad SMARTS) is 1. The second-order valence-corrected chi connectivity index (χ2v) is 7.48. The van der Waals surface area contributed by atoms with E-state index < -0.39 is 35.2 Å². The molecule has 28 heavy (non-hydrogen) atoms. The molecule has 1 aromatic heterocycles. The highest BCUT2D eigenvalue weighted by atomic mass is 32.2. The number of thioether (sulfide) groups is 1. The van der Waals surface area contributed by atoms with Gasteiger partial charge >= 0.3 is 11.9 Å². The third kappa shape index (κ3) is 3.62. The van der Waals surface area contributed by atoms with Gasteiger partial charge in [0.15, 0.2) is 5.71 Å².